The van der Waals surface area contributed by atoms with Crippen LogP contribution in [0.25, 0.3) is 23.3 Å². The van der Waals surface area contributed by atoms with E-state index in [0.717, 1.165) is 12.8 Å². The topological polar surface area (TPSA) is 0 Å². The van der Waals surface area contributed by atoms with Gasteiger partial charge in [-0.15, -0.1) is 23.5 Å². The van der Waals surface area contributed by atoms with Crippen LogP contribution in [0.1, 0.15) is 35.1 Å². The smallest absolute Gasteiger partial charge is 0.0469 e. The molecule has 0 nitrogen and oxygen atoms in total. The molecule has 4 rings (SSSR count). The van der Waals surface area contributed by atoms with Crippen molar-refractivity contribution in [3.63, 3.8) is 0 Å². The number of halogens is 2. The van der Waals surface area contributed by atoms with Crippen molar-refractivity contribution < 1.29 is 0 Å². The lowest BCUT2D eigenvalue weighted by atomic mass is 9.92. The molecule has 2 aromatic rings. The highest BCUT2D eigenvalue weighted by Gasteiger charge is 2.15. The van der Waals surface area contributed by atoms with E-state index in [1.165, 1.54) is 41.0 Å². The fourth-order valence-electron chi connectivity index (χ4n) is 3.65. The van der Waals surface area contributed by atoms with Gasteiger partial charge in [-0.1, -0.05) is 72.4 Å². The summed E-state index contributed by atoms with van der Waals surface area (Å²) in [7, 11) is 0. The van der Waals surface area contributed by atoms with Gasteiger partial charge in [-0.3, -0.25) is 0 Å². The van der Waals surface area contributed by atoms with Crippen LogP contribution in [0.3, 0.4) is 0 Å². The zero-order valence-electron chi connectivity index (χ0n) is 17.1. The van der Waals surface area contributed by atoms with Crippen molar-refractivity contribution in [1.82, 2.24) is 0 Å². The molecule has 0 spiro atoms. The average Bonchev–Trinajstić information content (AvgIpc) is 3.34. The zero-order valence-corrected chi connectivity index (χ0v) is 21.9. The molecule has 0 aromatic heterocycles. The largest absolute Gasteiger partial charge is 0.111 e. The minimum Gasteiger partial charge on any atom is -0.111 e. The molecule has 0 aliphatic carbocycles. The van der Waals surface area contributed by atoms with Gasteiger partial charge in [-0.05, 0) is 92.4 Å². The molecule has 2 aromatic carbocycles. The highest BCUT2D eigenvalue weighted by atomic mass is 79.9. The van der Waals surface area contributed by atoms with Crippen LogP contribution in [-0.2, 0) is 0 Å². The summed E-state index contributed by atoms with van der Waals surface area (Å²) in [5.74, 6) is 0. The van der Waals surface area contributed by atoms with Crippen LogP contribution in [0, 0.1) is 13.8 Å². The number of hydrogen-bond donors (Lipinski definition) is 0. The molecule has 0 fully saturated rings. The summed E-state index contributed by atoms with van der Waals surface area (Å²) in [4.78, 5) is 0. The normalized spacial score (nSPS) is 21.6. The maximum atomic E-state index is 3.61. The molecule has 0 bridgehead atoms. The van der Waals surface area contributed by atoms with E-state index in [0.29, 0.717) is 10.5 Å². The summed E-state index contributed by atoms with van der Waals surface area (Å²) in [6, 6.07) is 13.6. The molecule has 2 unspecified atom stereocenters. The molecule has 2 heterocycles. The Labute approximate surface area is 205 Å². The van der Waals surface area contributed by atoms with Gasteiger partial charge in [0.2, 0.25) is 0 Å². The minimum absolute atomic E-state index is 0.510. The number of allylic oxidation sites excluding steroid dienone is 2. The van der Waals surface area contributed by atoms with Gasteiger partial charge in [0, 0.05) is 18.1 Å². The quantitative estimate of drug-likeness (QED) is 0.357. The molecule has 2 atom stereocenters. The number of benzene rings is 2. The summed E-state index contributed by atoms with van der Waals surface area (Å²) in [5.41, 5.74) is 7.78. The molecule has 2 aliphatic rings. The number of hydrogen-bond acceptors (Lipinski definition) is 2. The van der Waals surface area contributed by atoms with Gasteiger partial charge in [-0.2, -0.15) is 0 Å². The third-order valence-corrected chi connectivity index (χ3v) is 9.16. The van der Waals surface area contributed by atoms with Gasteiger partial charge < -0.3 is 0 Å². The number of thioether (sulfide) groups is 2. The second-order valence-electron chi connectivity index (χ2n) is 7.68. The Morgan fingerprint density at radius 2 is 1.47 bits per heavy atom. The Balaban J connectivity index is 1.66. The van der Waals surface area contributed by atoms with E-state index >= 15 is 0 Å². The number of rotatable bonds is 5. The first-order chi connectivity index (χ1) is 14.5. The predicted molar refractivity (Wildman–Crippen MR) is 145 cm³/mol. The molecular weight excluding hydrogens is 536 g/mol. The van der Waals surface area contributed by atoms with Crippen LogP contribution in [-0.4, -0.2) is 10.5 Å². The Bertz CT molecular complexity index is 1060. The molecule has 2 aliphatic heterocycles. The highest BCUT2D eigenvalue weighted by Crippen LogP contribution is 2.39. The molecular formula is C26H24Br2S2. The lowest BCUT2D eigenvalue weighted by Gasteiger charge is -2.13. The maximum absolute atomic E-state index is 3.61. The Hall–Kier alpha value is -0.940. The first-order valence-electron chi connectivity index (χ1n) is 10.1. The average molecular weight is 560 g/mol. The van der Waals surface area contributed by atoms with Crippen molar-refractivity contribution >= 4 is 67.5 Å². The van der Waals surface area contributed by atoms with Crippen LogP contribution in [0.5, 0.6) is 0 Å². The van der Waals surface area contributed by atoms with Gasteiger partial charge in [0.1, 0.15) is 0 Å². The van der Waals surface area contributed by atoms with E-state index in [1.54, 1.807) is 0 Å². The van der Waals surface area contributed by atoms with Gasteiger partial charge >= 0.3 is 0 Å². The van der Waals surface area contributed by atoms with E-state index in [-0.39, 0.29) is 0 Å². The molecule has 30 heavy (non-hydrogen) atoms. The molecule has 0 saturated carbocycles. The van der Waals surface area contributed by atoms with Gasteiger partial charge in [0.25, 0.3) is 0 Å². The monoisotopic (exact) mass is 558 g/mol. The van der Waals surface area contributed by atoms with Gasteiger partial charge in [0.05, 0.1) is 0 Å². The van der Waals surface area contributed by atoms with E-state index in [9.17, 15) is 0 Å². The first-order valence-corrected chi connectivity index (χ1v) is 13.5. The molecule has 0 radical (unpaired) electrons. The van der Waals surface area contributed by atoms with Crippen LogP contribution in [0.4, 0.5) is 0 Å². The lowest BCUT2D eigenvalue weighted by molar-refractivity contribution is 1.10. The van der Waals surface area contributed by atoms with Crippen molar-refractivity contribution in [1.29, 1.82) is 0 Å². The molecule has 0 amide bonds. The third kappa shape index (κ3) is 5.64. The summed E-state index contributed by atoms with van der Waals surface area (Å²) in [6.45, 7) is 4.37. The molecule has 4 heteroatoms. The second-order valence-corrected chi connectivity index (χ2v) is 13.0. The van der Waals surface area contributed by atoms with E-state index in [4.69, 9.17) is 0 Å². The van der Waals surface area contributed by atoms with Crippen LogP contribution in [0.2, 0.25) is 0 Å². The summed E-state index contributed by atoms with van der Waals surface area (Å²) in [5, 5.41) is 1.03. The van der Waals surface area contributed by atoms with Crippen LogP contribution in [0.15, 0.2) is 68.3 Å². The third-order valence-electron chi connectivity index (χ3n) is 5.30. The maximum Gasteiger partial charge on any atom is 0.0469 e. The van der Waals surface area contributed by atoms with Crippen molar-refractivity contribution in [3.8, 4) is 11.1 Å². The number of aryl methyl sites for hydroxylation is 2. The summed E-state index contributed by atoms with van der Waals surface area (Å²) >= 11 is 11.0. The van der Waals surface area contributed by atoms with Crippen molar-refractivity contribution in [2.45, 2.75) is 37.2 Å². The highest BCUT2D eigenvalue weighted by molar-refractivity contribution is 9.14. The molecule has 154 valence electrons. The standard InChI is InChI=1S/C26H24Br2S2/c1-17-3-4-18(2)23(15-17)24-16-19(6-9-21-11-13-25(27)29-21)5-7-20(24)8-10-22-12-14-26(28)30-22/h3-10,13-16,21-22H,11-12H2,1-2H3. The van der Waals surface area contributed by atoms with E-state index in [2.05, 4.69) is 119 Å². The summed E-state index contributed by atoms with van der Waals surface area (Å²) < 4.78 is 2.50. The molecule has 0 N–H and O–H groups in total. The van der Waals surface area contributed by atoms with E-state index < -0.39 is 0 Å². The van der Waals surface area contributed by atoms with Crippen molar-refractivity contribution in [3.05, 3.63) is 90.6 Å². The second kappa shape index (κ2) is 10.1. The predicted octanol–water partition coefficient (Wildman–Crippen LogP) is 9.48. The van der Waals surface area contributed by atoms with Crippen molar-refractivity contribution in [2.24, 2.45) is 0 Å². The fraction of sp³-hybridized carbons (Fsp3) is 0.231. The first kappa shape index (κ1) is 22.3. The minimum atomic E-state index is 0.510. The van der Waals surface area contributed by atoms with E-state index in [1.807, 2.05) is 23.5 Å². The SMILES string of the molecule is Cc1ccc(C)c(-c2cc(C=CC3CC=C(Br)S3)ccc2C=CC2CC=C(Br)S2)c1. The summed E-state index contributed by atoms with van der Waals surface area (Å²) in [6.07, 6.45) is 15.9. The van der Waals surface area contributed by atoms with Gasteiger partial charge in [-0.25, -0.2) is 0 Å². The van der Waals surface area contributed by atoms with Gasteiger partial charge in [0.15, 0.2) is 0 Å². The fourth-order valence-corrected chi connectivity index (χ4v) is 7.12. The molecule has 0 saturated heterocycles. The Morgan fingerprint density at radius 1 is 0.800 bits per heavy atom. The van der Waals surface area contributed by atoms with Crippen LogP contribution < -0.4 is 0 Å². The Kier molecular flexibility index (Phi) is 7.51. The zero-order chi connectivity index (χ0) is 21.1. The lowest BCUT2D eigenvalue weighted by Crippen LogP contribution is -1.93. The van der Waals surface area contributed by atoms with Crippen molar-refractivity contribution in [2.75, 3.05) is 0 Å². The Morgan fingerprint density at radius 3 is 2.10 bits per heavy atom. The van der Waals surface area contributed by atoms with Crippen LogP contribution >= 0.6 is 55.4 Å².